The third-order valence-electron chi connectivity index (χ3n) is 3.47. The van der Waals surface area contributed by atoms with Crippen molar-refractivity contribution in [2.45, 2.75) is 39.2 Å². The predicted octanol–water partition coefficient (Wildman–Crippen LogP) is 1.17. The molecule has 1 saturated heterocycles. The lowest BCUT2D eigenvalue weighted by atomic mass is 9.96. The van der Waals surface area contributed by atoms with Gasteiger partial charge in [-0.2, -0.15) is 0 Å². The molecule has 0 aromatic heterocycles. The van der Waals surface area contributed by atoms with E-state index in [1.165, 1.54) is 12.8 Å². The molecular formula is C12H24N2O2. The molecule has 1 heterocycles. The molecule has 0 saturated carbocycles. The van der Waals surface area contributed by atoms with Gasteiger partial charge in [-0.05, 0) is 44.8 Å². The molecular weight excluding hydrogens is 204 g/mol. The maximum Gasteiger partial charge on any atom is 0.320 e. The fourth-order valence-corrected chi connectivity index (χ4v) is 2.46. The maximum atomic E-state index is 11.1. The van der Waals surface area contributed by atoms with Crippen LogP contribution in [0.2, 0.25) is 0 Å². The zero-order chi connectivity index (χ0) is 12.0. The number of piperidine rings is 1. The molecule has 1 rings (SSSR count). The third kappa shape index (κ3) is 3.76. The highest BCUT2D eigenvalue weighted by atomic mass is 16.4. The second-order valence-electron chi connectivity index (χ2n) is 4.54. The van der Waals surface area contributed by atoms with Gasteiger partial charge in [0.1, 0.15) is 6.04 Å². The minimum absolute atomic E-state index is 0.306. The van der Waals surface area contributed by atoms with Gasteiger partial charge in [0.05, 0.1) is 0 Å². The van der Waals surface area contributed by atoms with E-state index in [-0.39, 0.29) is 6.04 Å². The van der Waals surface area contributed by atoms with Crippen LogP contribution in [0.1, 0.15) is 33.1 Å². The Morgan fingerprint density at radius 1 is 1.44 bits per heavy atom. The van der Waals surface area contributed by atoms with E-state index < -0.39 is 5.97 Å². The third-order valence-corrected chi connectivity index (χ3v) is 3.47. The summed E-state index contributed by atoms with van der Waals surface area (Å²) in [5.74, 6) is -0.0205. The summed E-state index contributed by atoms with van der Waals surface area (Å²) >= 11 is 0. The molecule has 0 radical (unpaired) electrons. The van der Waals surface area contributed by atoms with Crippen molar-refractivity contribution in [3.63, 3.8) is 0 Å². The average Bonchev–Trinajstić information content (AvgIpc) is 2.29. The van der Waals surface area contributed by atoms with Crippen molar-refractivity contribution in [1.29, 1.82) is 0 Å². The number of carboxylic acids is 1. The van der Waals surface area contributed by atoms with Gasteiger partial charge in [-0.25, -0.2) is 0 Å². The largest absolute Gasteiger partial charge is 0.480 e. The first-order valence-electron chi connectivity index (χ1n) is 6.36. The Morgan fingerprint density at radius 2 is 2.06 bits per heavy atom. The summed E-state index contributed by atoms with van der Waals surface area (Å²) in [5, 5.41) is 12.5. The second kappa shape index (κ2) is 6.86. The summed E-state index contributed by atoms with van der Waals surface area (Å²) in [6, 6.07) is -0.306. The second-order valence-corrected chi connectivity index (χ2v) is 4.54. The molecule has 1 fully saturated rings. The van der Waals surface area contributed by atoms with Crippen LogP contribution in [0, 0.1) is 5.92 Å². The molecule has 1 unspecified atom stereocenters. The minimum atomic E-state index is -0.682. The first kappa shape index (κ1) is 13.5. The Kier molecular flexibility index (Phi) is 5.77. The topological polar surface area (TPSA) is 52.6 Å². The number of nitrogens with zero attached hydrogens (tertiary/aromatic N) is 1. The molecule has 0 amide bonds. The summed E-state index contributed by atoms with van der Waals surface area (Å²) in [6.07, 6.45) is 3.03. The Labute approximate surface area is 98.0 Å². The first-order chi connectivity index (χ1) is 7.69. The van der Waals surface area contributed by atoms with Crippen molar-refractivity contribution < 1.29 is 9.90 Å². The lowest BCUT2D eigenvalue weighted by molar-refractivity contribution is -0.143. The zero-order valence-electron chi connectivity index (χ0n) is 10.4. The van der Waals surface area contributed by atoms with Crippen molar-refractivity contribution in [3.05, 3.63) is 0 Å². The van der Waals surface area contributed by atoms with E-state index in [1.807, 2.05) is 13.8 Å². The van der Waals surface area contributed by atoms with E-state index in [2.05, 4.69) is 10.2 Å². The molecule has 16 heavy (non-hydrogen) atoms. The van der Waals surface area contributed by atoms with Crippen molar-refractivity contribution >= 4 is 5.97 Å². The van der Waals surface area contributed by atoms with Crippen LogP contribution in [0.5, 0.6) is 0 Å². The summed E-state index contributed by atoms with van der Waals surface area (Å²) in [6.45, 7) is 7.91. The molecule has 0 aromatic rings. The van der Waals surface area contributed by atoms with Gasteiger partial charge >= 0.3 is 5.97 Å². The van der Waals surface area contributed by atoms with Crippen molar-refractivity contribution in [1.82, 2.24) is 10.2 Å². The molecule has 1 aliphatic heterocycles. The molecule has 0 bridgehead atoms. The van der Waals surface area contributed by atoms with E-state index in [1.54, 1.807) is 0 Å². The maximum absolute atomic E-state index is 11.1. The predicted molar refractivity (Wildman–Crippen MR) is 64.6 cm³/mol. The van der Waals surface area contributed by atoms with Gasteiger partial charge in [-0.15, -0.1) is 0 Å². The Bertz CT molecular complexity index is 215. The van der Waals surface area contributed by atoms with E-state index in [4.69, 9.17) is 5.11 Å². The average molecular weight is 228 g/mol. The number of likely N-dealkylation sites (N-methyl/N-ethyl adjacent to an activating group) is 1. The molecule has 0 aliphatic carbocycles. The van der Waals surface area contributed by atoms with Crippen molar-refractivity contribution in [2.75, 3.05) is 26.2 Å². The zero-order valence-corrected chi connectivity index (χ0v) is 10.4. The van der Waals surface area contributed by atoms with Gasteiger partial charge in [-0.3, -0.25) is 9.69 Å². The molecule has 2 N–H and O–H groups in total. The highest BCUT2D eigenvalue weighted by Crippen LogP contribution is 2.16. The quantitative estimate of drug-likeness (QED) is 0.716. The van der Waals surface area contributed by atoms with E-state index in [0.29, 0.717) is 12.3 Å². The fourth-order valence-electron chi connectivity index (χ4n) is 2.46. The van der Waals surface area contributed by atoms with E-state index in [0.717, 1.165) is 26.2 Å². The van der Waals surface area contributed by atoms with Crippen LogP contribution in [0.3, 0.4) is 0 Å². The van der Waals surface area contributed by atoms with E-state index >= 15 is 0 Å². The molecule has 4 heteroatoms. The molecule has 94 valence electrons. The van der Waals surface area contributed by atoms with Crippen LogP contribution in [-0.4, -0.2) is 48.2 Å². The van der Waals surface area contributed by atoms with Crippen LogP contribution in [0.15, 0.2) is 0 Å². The molecule has 0 spiro atoms. The van der Waals surface area contributed by atoms with Crippen molar-refractivity contribution in [2.24, 2.45) is 5.92 Å². The van der Waals surface area contributed by atoms with Crippen LogP contribution in [0.4, 0.5) is 0 Å². The minimum Gasteiger partial charge on any atom is -0.480 e. The Morgan fingerprint density at radius 3 is 2.50 bits per heavy atom. The summed E-state index contributed by atoms with van der Waals surface area (Å²) in [4.78, 5) is 13.2. The molecule has 4 nitrogen and oxygen atoms in total. The van der Waals surface area contributed by atoms with Gasteiger partial charge in [0.15, 0.2) is 0 Å². The number of nitrogens with one attached hydrogen (secondary N) is 1. The highest BCUT2D eigenvalue weighted by Gasteiger charge is 2.25. The van der Waals surface area contributed by atoms with Gasteiger partial charge < -0.3 is 10.4 Å². The number of carbonyl (C=O) groups is 1. The number of carboxylic acid groups (broad SMARTS) is 1. The summed E-state index contributed by atoms with van der Waals surface area (Å²) in [7, 11) is 0. The van der Waals surface area contributed by atoms with Gasteiger partial charge in [-0.1, -0.05) is 13.8 Å². The van der Waals surface area contributed by atoms with E-state index in [9.17, 15) is 4.79 Å². The smallest absolute Gasteiger partial charge is 0.320 e. The monoisotopic (exact) mass is 228 g/mol. The SMILES string of the molecule is CCC(C(=O)O)N(CC)CC1CCNCC1. The normalized spacial score (nSPS) is 19.9. The molecule has 0 aromatic carbocycles. The highest BCUT2D eigenvalue weighted by molar-refractivity contribution is 5.73. The van der Waals surface area contributed by atoms with Crippen LogP contribution in [0.25, 0.3) is 0 Å². The lowest BCUT2D eigenvalue weighted by Crippen LogP contribution is -2.45. The molecule has 1 aliphatic rings. The molecule has 1 atom stereocenters. The fraction of sp³-hybridized carbons (Fsp3) is 0.917. The Hall–Kier alpha value is -0.610. The van der Waals surface area contributed by atoms with Gasteiger partial charge in [0, 0.05) is 6.54 Å². The number of hydrogen-bond donors (Lipinski definition) is 2. The van der Waals surface area contributed by atoms with Crippen LogP contribution >= 0.6 is 0 Å². The Balaban J connectivity index is 2.48. The number of aliphatic carboxylic acids is 1. The van der Waals surface area contributed by atoms with Crippen molar-refractivity contribution in [3.8, 4) is 0 Å². The van der Waals surface area contributed by atoms with Gasteiger partial charge in [0.2, 0.25) is 0 Å². The van der Waals surface area contributed by atoms with Crippen LogP contribution in [-0.2, 0) is 4.79 Å². The number of hydrogen-bond acceptors (Lipinski definition) is 3. The number of rotatable bonds is 6. The standard InChI is InChI=1S/C12H24N2O2/c1-3-11(12(15)16)14(4-2)9-10-5-7-13-8-6-10/h10-11,13H,3-9H2,1-2H3,(H,15,16). The summed E-state index contributed by atoms with van der Waals surface area (Å²) in [5.41, 5.74) is 0. The van der Waals surface area contributed by atoms with Gasteiger partial charge in [0.25, 0.3) is 0 Å². The first-order valence-corrected chi connectivity index (χ1v) is 6.36. The lowest BCUT2D eigenvalue weighted by Gasteiger charge is -2.32. The van der Waals surface area contributed by atoms with Crippen LogP contribution < -0.4 is 5.32 Å². The summed E-state index contributed by atoms with van der Waals surface area (Å²) < 4.78 is 0.